The van der Waals surface area contributed by atoms with Gasteiger partial charge in [-0.25, -0.2) is 8.78 Å². The Hall–Kier alpha value is -1.59. The topological polar surface area (TPSA) is 60.2 Å². The van der Waals surface area contributed by atoms with Gasteiger partial charge >= 0.3 is 0 Å². The molecule has 6 heteroatoms. The van der Waals surface area contributed by atoms with Crippen LogP contribution in [0.2, 0.25) is 0 Å². The molecule has 0 atom stereocenters. The SMILES string of the molecule is CC(C)Oc1nc(NCC(F)F)ccc1N. The summed E-state index contributed by atoms with van der Waals surface area (Å²) in [7, 11) is 0. The number of nitrogens with zero attached hydrogens (tertiary/aromatic N) is 1. The molecule has 0 amide bonds. The molecule has 3 N–H and O–H groups in total. The molecule has 1 aromatic heterocycles. The monoisotopic (exact) mass is 231 g/mol. The van der Waals surface area contributed by atoms with E-state index in [-0.39, 0.29) is 12.0 Å². The summed E-state index contributed by atoms with van der Waals surface area (Å²) in [5, 5.41) is 2.49. The molecule has 1 rings (SSSR count). The molecule has 16 heavy (non-hydrogen) atoms. The van der Waals surface area contributed by atoms with Gasteiger partial charge in [-0.1, -0.05) is 0 Å². The van der Waals surface area contributed by atoms with Gasteiger partial charge in [-0.05, 0) is 26.0 Å². The van der Waals surface area contributed by atoms with Crippen LogP contribution in [0.25, 0.3) is 0 Å². The van der Waals surface area contributed by atoms with E-state index in [1.165, 1.54) is 6.07 Å². The van der Waals surface area contributed by atoms with Crippen LogP contribution >= 0.6 is 0 Å². The lowest BCUT2D eigenvalue weighted by atomic mass is 10.4. The molecule has 1 heterocycles. The van der Waals surface area contributed by atoms with Crippen molar-refractivity contribution in [2.75, 3.05) is 17.6 Å². The van der Waals surface area contributed by atoms with E-state index in [2.05, 4.69) is 10.3 Å². The Bertz CT molecular complexity index is 345. The van der Waals surface area contributed by atoms with Gasteiger partial charge in [0.1, 0.15) is 5.82 Å². The highest BCUT2D eigenvalue weighted by molar-refractivity contribution is 5.53. The third kappa shape index (κ3) is 3.88. The van der Waals surface area contributed by atoms with Gasteiger partial charge in [0.2, 0.25) is 5.88 Å². The van der Waals surface area contributed by atoms with Crippen molar-refractivity contribution in [3.05, 3.63) is 12.1 Å². The number of nitrogens with two attached hydrogens (primary N) is 1. The minimum Gasteiger partial charge on any atom is -0.473 e. The fraction of sp³-hybridized carbons (Fsp3) is 0.500. The molecule has 0 saturated carbocycles. The van der Waals surface area contributed by atoms with E-state index in [4.69, 9.17) is 10.5 Å². The van der Waals surface area contributed by atoms with E-state index in [1.54, 1.807) is 6.07 Å². The molecule has 0 aliphatic heterocycles. The fourth-order valence-electron chi connectivity index (χ4n) is 1.05. The lowest BCUT2D eigenvalue weighted by Crippen LogP contribution is -2.13. The Balaban J connectivity index is 2.73. The highest BCUT2D eigenvalue weighted by Gasteiger charge is 2.07. The van der Waals surface area contributed by atoms with Crippen LogP contribution in [0.1, 0.15) is 13.8 Å². The predicted octanol–water partition coefficient (Wildman–Crippen LogP) is 2.13. The molecule has 0 radical (unpaired) electrons. The second-order valence-corrected chi connectivity index (χ2v) is 3.53. The van der Waals surface area contributed by atoms with Gasteiger partial charge in [0.15, 0.2) is 0 Å². The maximum atomic E-state index is 12.0. The Kier molecular flexibility index (Phi) is 4.28. The number of pyridine rings is 1. The van der Waals surface area contributed by atoms with Gasteiger partial charge in [0, 0.05) is 0 Å². The van der Waals surface area contributed by atoms with E-state index in [0.29, 0.717) is 11.5 Å². The van der Waals surface area contributed by atoms with E-state index in [1.807, 2.05) is 13.8 Å². The summed E-state index contributed by atoms with van der Waals surface area (Å²) in [6.07, 6.45) is -2.49. The van der Waals surface area contributed by atoms with E-state index >= 15 is 0 Å². The van der Waals surface area contributed by atoms with Crippen LogP contribution in [0.4, 0.5) is 20.3 Å². The molecule has 0 unspecified atom stereocenters. The molecule has 1 aromatic rings. The summed E-state index contributed by atoms with van der Waals surface area (Å²) in [5.41, 5.74) is 6.02. The molecule has 0 aromatic carbocycles. The minimum absolute atomic E-state index is 0.0693. The number of nitrogen functional groups attached to an aromatic ring is 1. The molecule has 90 valence electrons. The quantitative estimate of drug-likeness (QED) is 0.815. The normalized spacial score (nSPS) is 10.9. The summed E-state index contributed by atoms with van der Waals surface area (Å²) in [6.45, 7) is 3.22. The van der Waals surface area contributed by atoms with Crippen LogP contribution in [0.5, 0.6) is 5.88 Å². The Labute approximate surface area is 92.8 Å². The summed E-state index contributed by atoms with van der Waals surface area (Å²) >= 11 is 0. The zero-order chi connectivity index (χ0) is 12.1. The van der Waals surface area contributed by atoms with Gasteiger partial charge in [-0.3, -0.25) is 0 Å². The number of hydrogen-bond acceptors (Lipinski definition) is 4. The van der Waals surface area contributed by atoms with Gasteiger partial charge in [-0.15, -0.1) is 0 Å². The van der Waals surface area contributed by atoms with Gasteiger partial charge in [0.25, 0.3) is 6.43 Å². The number of alkyl halides is 2. The van der Waals surface area contributed by atoms with Crippen molar-refractivity contribution in [2.24, 2.45) is 0 Å². The van der Waals surface area contributed by atoms with Crippen molar-refractivity contribution in [2.45, 2.75) is 26.4 Å². The first-order valence-electron chi connectivity index (χ1n) is 4.94. The smallest absolute Gasteiger partial charge is 0.255 e. The van der Waals surface area contributed by atoms with Crippen LogP contribution in [0.3, 0.4) is 0 Å². The van der Waals surface area contributed by atoms with Crippen molar-refractivity contribution in [1.29, 1.82) is 0 Å². The molecule has 0 spiro atoms. The zero-order valence-electron chi connectivity index (χ0n) is 9.21. The molecule has 0 saturated heterocycles. The maximum Gasteiger partial charge on any atom is 0.255 e. The number of halogens is 2. The summed E-state index contributed by atoms with van der Waals surface area (Å²) in [6, 6.07) is 3.10. The van der Waals surface area contributed by atoms with Crippen molar-refractivity contribution in [1.82, 2.24) is 4.98 Å². The standard InChI is InChI=1S/C10H15F2N3O/c1-6(2)16-10-7(13)3-4-9(15-10)14-5-8(11)12/h3-4,6,8H,5,13H2,1-2H3,(H,14,15). The number of ether oxygens (including phenoxy) is 1. The average Bonchev–Trinajstić information content (AvgIpc) is 2.18. The first kappa shape index (κ1) is 12.5. The zero-order valence-corrected chi connectivity index (χ0v) is 9.21. The van der Waals surface area contributed by atoms with Crippen molar-refractivity contribution in [3.63, 3.8) is 0 Å². The number of anilines is 2. The first-order chi connectivity index (χ1) is 7.49. The largest absolute Gasteiger partial charge is 0.473 e. The number of nitrogens with one attached hydrogen (secondary N) is 1. The van der Waals surface area contributed by atoms with Crippen LogP contribution in [-0.2, 0) is 0 Å². The van der Waals surface area contributed by atoms with E-state index in [0.717, 1.165) is 0 Å². The summed E-state index contributed by atoms with van der Waals surface area (Å²) in [5.74, 6) is 0.583. The predicted molar refractivity (Wildman–Crippen MR) is 58.9 cm³/mol. The number of aromatic nitrogens is 1. The second-order valence-electron chi connectivity index (χ2n) is 3.53. The van der Waals surface area contributed by atoms with Crippen LogP contribution < -0.4 is 15.8 Å². The summed E-state index contributed by atoms with van der Waals surface area (Å²) in [4.78, 5) is 3.99. The maximum absolute atomic E-state index is 12.0. The molecule has 4 nitrogen and oxygen atoms in total. The molecule has 0 bridgehead atoms. The van der Waals surface area contributed by atoms with Crippen molar-refractivity contribution in [3.8, 4) is 5.88 Å². The third-order valence-corrected chi connectivity index (χ3v) is 1.67. The van der Waals surface area contributed by atoms with Crippen molar-refractivity contribution >= 4 is 11.5 Å². The van der Waals surface area contributed by atoms with E-state index < -0.39 is 13.0 Å². The van der Waals surface area contributed by atoms with Gasteiger partial charge in [-0.2, -0.15) is 4.98 Å². The molecular weight excluding hydrogens is 216 g/mol. The molecular formula is C10H15F2N3O. The number of hydrogen-bond donors (Lipinski definition) is 2. The fourth-order valence-corrected chi connectivity index (χ4v) is 1.05. The van der Waals surface area contributed by atoms with Gasteiger partial charge < -0.3 is 15.8 Å². The lowest BCUT2D eigenvalue weighted by Gasteiger charge is -2.12. The second kappa shape index (κ2) is 5.48. The Morgan fingerprint density at radius 1 is 1.44 bits per heavy atom. The van der Waals surface area contributed by atoms with Crippen LogP contribution in [0, 0.1) is 0 Å². The molecule has 0 aliphatic carbocycles. The molecule has 0 aliphatic rings. The first-order valence-corrected chi connectivity index (χ1v) is 4.94. The van der Waals surface area contributed by atoms with E-state index in [9.17, 15) is 8.78 Å². The minimum atomic E-state index is -2.42. The number of rotatable bonds is 5. The highest BCUT2D eigenvalue weighted by atomic mass is 19.3. The van der Waals surface area contributed by atoms with Gasteiger partial charge in [0.05, 0.1) is 18.3 Å². The van der Waals surface area contributed by atoms with Crippen LogP contribution in [-0.4, -0.2) is 24.1 Å². The summed E-state index contributed by atoms with van der Waals surface area (Å²) < 4.78 is 29.3. The molecule has 0 fully saturated rings. The third-order valence-electron chi connectivity index (χ3n) is 1.67. The Morgan fingerprint density at radius 2 is 2.12 bits per heavy atom. The Morgan fingerprint density at radius 3 is 2.69 bits per heavy atom. The highest BCUT2D eigenvalue weighted by Crippen LogP contribution is 2.21. The lowest BCUT2D eigenvalue weighted by molar-refractivity contribution is 0.163. The van der Waals surface area contributed by atoms with Crippen LogP contribution in [0.15, 0.2) is 12.1 Å². The van der Waals surface area contributed by atoms with Crippen molar-refractivity contribution < 1.29 is 13.5 Å². The average molecular weight is 231 g/mol.